The Balaban J connectivity index is 1.42. The minimum Gasteiger partial charge on any atom is -0.341 e. The van der Waals surface area contributed by atoms with Gasteiger partial charge in [-0.05, 0) is 55.7 Å². The number of nitrogens with zero attached hydrogens (tertiary/aromatic N) is 3. The SMILES string of the molecule is CC1CCN(c2ncc3c(n2)CCC(C(=O)Nc2ccccc2)C3)CC1. The molecule has 1 saturated heterocycles. The number of aryl methyl sites for hydroxylation is 1. The maximum atomic E-state index is 12.6. The Morgan fingerprint density at radius 2 is 1.92 bits per heavy atom. The average molecular weight is 350 g/mol. The molecule has 1 aromatic carbocycles. The molecule has 1 atom stereocenters. The number of hydrogen-bond acceptors (Lipinski definition) is 4. The van der Waals surface area contributed by atoms with E-state index in [1.807, 2.05) is 36.5 Å². The first-order valence-corrected chi connectivity index (χ1v) is 9.64. The summed E-state index contributed by atoms with van der Waals surface area (Å²) < 4.78 is 0. The van der Waals surface area contributed by atoms with Crippen LogP contribution in [0, 0.1) is 11.8 Å². The fourth-order valence-corrected chi connectivity index (χ4v) is 3.85. The van der Waals surface area contributed by atoms with Gasteiger partial charge >= 0.3 is 0 Å². The molecule has 5 heteroatoms. The number of aromatic nitrogens is 2. The van der Waals surface area contributed by atoms with Crippen molar-refractivity contribution in [2.45, 2.75) is 39.0 Å². The fraction of sp³-hybridized carbons (Fsp3) is 0.476. The van der Waals surface area contributed by atoms with Crippen LogP contribution in [-0.4, -0.2) is 29.0 Å². The Morgan fingerprint density at radius 3 is 2.69 bits per heavy atom. The standard InChI is InChI=1S/C21H26N4O/c1-15-9-11-25(12-10-15)21-22-14-17-13-16(7-8-19(17)24-21)20(26)23-18-5-3-2-4-6-18/h2-6,14-16H,7-13H2,1H3,(H,23,26). The molecule has 0 radical (unpaired) electrons. The predicted octanol–water partition coefficient (Wildman–Crippen LogP) is 3.46. The molecule has 2 aliphatic rings. The molecule has 1 unspecified atom stereocenters. The number of fused-ring (bicyclic) bond motifs is 1. The number of amides is 1. The van der Waals surface area contributed by atoms with Crippen molar-refractivity contribution >= 4 is 17.5 Å². The van der Waals surface area contributed by atoms with Crippen LogP contribution in [0.1, 0.15) is 37.4 Å². The number of benzene rings is 1. The number of carbonyl (C=O) groups excluding carboxylic acids is 1. The Bertz CT molecular complexity index is 769. The molecule has 1 N–H and O–H groups in total. The zero-order valence-electron chi connectivity index (χ0n) is 15.3. The van der Waals surface area contributed by atoms with Crippen LogP contribution >= 0.6 is 0 Å². The summed E-state index contributed by atoms with van der Waals surface area (Å²) in [5.74, 6) is 1.75. The Kier molecular flexibility index (Phi) is 4.87. The Labute approximate surface area is 154 Å². The second kappa shape index (κ2) is 7.44. The van der Waals surface area contributed by atoms with E-state index in [2.05, 4.69) is 22.1 Å². The molecule has 136 valence electrons. The van der Waals surface area contributed by atoms with Gasteiger partial charge < -0.3 is 10.2 Å². The van der Waals surface area contributed by atoms with Crippen molar-refractivity contribution in [3.8, 4) is 0 Å². The van der Waals surface area contributed by atoms with Gasteiger partial charge in [-0.3, -0.25) is 4.79 Å². The van der Waals surface area contributed by atoms with Crippen LogP contribution in [0.2, 0.25) is 0 Å². The van der Waals surface area contributed by atoms with E-state index in [0.717, 1.165) is 61.2 Å². The van der Waals surface area contributed by atoms with E-state index < -0.39 is 0 Å². The molecule has 1 aromatic heterocycles. The van der Waals surface area contributed by atoms with Crippen molar-refractivity contribution < 1.29 is 4.79 Å². The number of nitrogens with one attached hydrogen (secondary N) is 1. The number of anilines is 2. The lowest BCUT2D eigenvalue weighted by Crippen LogP contribution is -2.35. The molecule has 2 aromatic rings. The molecule has 1 fully saturated rings. The molecule has 1 amide bonds. The van der Waals surface area contributed by atoms with Crippen LogP contribution in [0.15, 0.2) is 36.5 Å². The third-order valence-corrected chi connectivity index (χ3v) is 5.62. The van der Waals surface area contributed by atoms with Crippen molar-refractivity contribution in [2.24, 2.45) is 11.8 Å². The van der Waals surface area contributed by atoms with Gasteiger partial charge in [-0.1, -0.05) is 25.1 Å². The van der Waals surface area contributed by atoms with Crippen molar-refractivity contribution in [3.63, 3.8) is 0 Å². The molecule has 0 bridgehead atoms. The molecule has 1 aliphatic heterocycles. The molecule has 0 spiro atoms. The van der Waals surface area contributed by atoms with Gasteiger partial charge in [-0.2, -0.15) is 0 Å². The predicted molar refractivity (Wildman–Crippen MR) is 103 cm³/mol. The largest absolute Gasteiger partial charge is 0.341 e. The Morgan fingerprint density at radius 1 is 1.15 bits per heavy atom. The lowest BCUT2D eigenvalue weighted by molar-refractivity contribution is -0.120. The monoisotopic (exact) mass is 350 g/mol. The minimum absolute atomic E-state index is 0.00649. The Hall–Kier alpha value is -2.43. The summed E-state index contributed by atoms with van der Waals surface area (Å²) in [6, 6.07) is 9.66. The molecule has 0 saturated carbocycles. The van der Waals surface area contributed by atoms with Crippen LogP contribution in [0.25, 0.3) is 0 Å². The first kappa shape index (κ1) is 17.0. The smallest absolute Gasteiger partial charge is 0.227 e. The van der Waals surface area contributed by atoms with Crippen molar-refractivity contribution in [1.82, 2.24) is 9.97 Å². The van der Waals surface area contributed by atoms with Crippen molar-refractivity contribution in [3.05, 3.63) is 47.8 Å². The summed E-state index contributed by atoms with van der Waals surface area (Å²) in [4.78, 5) is 24.3. The van der Waals surface area contributed by atoms with Gasteiger partial charge in [-0.15, -0.1) is 0 Å². The molecule has 26 heavy (non-hydrogen) atoms. The third kappa shape index (κ3) is 3.71. The molecular weight excluding hydrogens is 324 g/mol. The number of carbonyl (C=O) groups is 1. The van der Waals surface area contributed by atoms with E-state index in [-0.39, 0.29) is 11.8 Å². The normalized spacial score (nSPS) is 20.5. The maximum absolute atomic E-state index is 12.6. The van der Waals surface area contributed by atoms with Gasteiger partial charge in [0.15, 0.2) is 0 Å². The number of hydrogen-bond donors (Lipinski definition) is 1. The number of para-hydroxylation sites is 1. The first-order valence-electron chi connectivity index (χ1n) is 9.64. The zero-order valence-corrected chi connectivity index (χ0v) is 15.3. The highest BCUT2D eigenvalue weighted by molar-refractivity contribution is 5.92. The fourth-order valence-electron chi connectivity index (χ4n) is 3.85. The summed E-state index contributed by atoms with van der Waals surface area (Å²) >= 11 is 0. The van der Waals surface area contributed by atoms with E-state index in [4.69, 9.17) is 4.98 Å². The number of piperidine rings is 1. The molecule has 2 heterocycles. The quantitative estimate of drug-likeness (QED) is 0.921. The lowest BCUT2D eigenvalue weighted by atomic mass is 9.86. The van der Waals surface area contributed by atoms with Crippen LogP contribution in [0.4, 0.5) is 11.6 Å². The van der Waals surface area contributed by atoms with Gasteiger partial charge in [-0.25, -0.2) is 9.97 Å². The molecule has 5 nitrogen and oxygen atoms in total. The maximum Gasteiger partial charge on any atom is 0.227 e. The van der Waals surface area contributed by atoms with E-state index >= 15 is 0 Å². The van der Waals surface area contributed by atoms with E-state index in [1.54, 1.807) is 0 Å². The number of rotatable bonds is 3. The van der Waals surface area contributed by atoms with Crippen molar-refractivity contribution in [1.29, 1.82) is 0 Å². The van der Waals surface area contributed by atoms with Crippen LogP contribution in [0.3, 0.4) is 0 Å². The van der Waals surface area contributed by atoms with E-state index in [1.165, 1.54) is 12.8 Å². The first-order chi connectivity index (χ1) is 12.7. The summed E-state index contributed by atoms with van der Waals surface area (Å²) in [7, 11) is 0. The van der Waals surface area contributed by atoms with E-state index in [0.29, 0.717) is 0 Å². The highest BCUT2D eigenvalue weighted by atomic mass is 16.1. The summed E-state index contributed by atoms with van der Waals surface area (Å²) in [6.07, 6.45) is 6.79. The van der Waals surface area contributed by atoms with Crippen molar-refractivity contribution in [2.75, 3.05) is 23.3 Å². The van der Waals surface area contributed by atoms with Gasteiger partial charge in [0, 0.05) is 36.6 Å². The summed E-state index contributed by atoms with van der Waals surface area (Å²) in [6.45, 7) is 4.40. The van der Waals surface area contributed by atoms with Crippen LogP contribution in [-0.2, 0) is 17.6 Å². The van der Waals surface area contributed by atoms with Gasteiger partial charge in [0.2, 0.25) is 11.9 Å². The second-order valence-corrected chi connectivity index (χ2v) is 7.61. The van der Waals surface area contributed by atoms with Gasteiger partial charge in [0.05, 0.1) is 0 Å². The average Bonchev–Trinajstić information content (AvgIpc) is 2.68. The summed E-state index contributed by atoms with van der Waals surface area (Å²) in [5, 5.41) is 3.02. The van der Waals surface area contributed by atoms with Crippen LogP contribution in [0.5, 0.6) is 0 Å². The molecule has 4 rings (SSSR count). The summed E-state index contributed by atoms with van der Waals surface area (Å²) in [5.41, 5.74) is 3.10. The molecular formula is C21H26N4O. The second-order valence-electron chi connectivity index (χ2n) is 7.61. The van der Waals surface area contributed by atoms with Gasteiger partial charge in [0.1, 0.15) is 0 Å². The zero-order chi connectivity index (χ0) is 17.9. The van der Waals surface area contributed by atoms with E-state index in [9.17, 15) is 4.79 Å². The highest BCUT2D eigenvalue weighted by Crippen LogP contribution is 2.27. The topological polar surface area (TPSA) is 58.1 Å². The molecule has 1 aliphatic carbocycles. The third-order valence-electron chi connectivity index (χ3n) is 5.62. The van der Waals surface area contributed by atoms with Gasteiger partial charge in [0.25, 0.3) is 0 Å². The highest BCUT2D eigenvalue weighted by Gasteiger charge is 2.27. The van der Waals surface area contributed by atoms with Crippen LogP contribution < -0.4 is 10.2 Å². The minimum atomic E-state index is -0.00649. The lowest BCUT2D eigenvalue weighted by Gasteiger charge is -2.31.